The lowest BCUT2D eigenvalue weighted by molar-refractivity contribution is 0.513. The maximum Gasteiger partial charge on any atom is 0.133 e. The highest BCUT2D eigenvalue weighted by molar-refractivity contribution is 5.13. The van der Waals surface area contributed by atoms with Crippen molar-refractivity contribution < 1.29 is 0 Å². The maximum absolute atomic E-state index is 4.50. The summed E-state index contributed by atoms with van der Waals surface area (Å²) in [5.74, 6) is 2.04. The van der Waals surface area contributed by atoms with Gasteiger partial charge in [0.2, 0.25) is 0 Å². The summed E-state index contributed by atoms with van der Waals surface area (Å²) in [4.78, 5) is 8.94. The summed E-state index contributed by atoms with van der Waals surface area (Å²) in [7, 11) is 2.01. The van der Waals surface area contributed by atoms with Crippen molar-refractivity contribution in [2.24, 2.45) is 7.05 Å². The molecule has 1 atom stereocenters. The van der Waals surface area contributed by atoms with Gasteiger partial charge in [-0.3, -0.25) is 0 Å². The van der Waals surface area contributed by atoms with Crippen LogP contribution < -0.4 is 5.32 Å². The average molecular weight is 247 g/mol. The highest BCUT2D eigenvalue weighted by atomic mass is 15.2. The summed E-state index contributed by atoms with van der Waals surface area (Å²) in [6.45, 7) is 6.15. The van der Waals surface area contributed by atoms with E-state index in [-0.39, 0.29) is 6.04 Å². The number of aromatic nitrogens is 4. The second-order valence-electron chi connectivity index (χ2n) is 4.37. The lowest BCUT2D eigenvalue weighted by Crippen LogP contribution is -2.27. The minimum atomic E-state index is 0.0524. The van der Waals surface area contributed by atoms with Crippen molar-refractivity contribution in [2.45, 2.75) is 32.9 Å². The van der Waals surface area contributed by atoms with Crippen LogP contribution in [0.15, 0.2) is 24.8 Å². The summed E-state index contributed by atoms with van der Waals surface area (Å²) in [6.07, 6.45) is 8.78. The zero-order valence-corrected chi connectivity index (χ0v) is 11.3. The minimum absolute atomic E-state index is 0.0524. The molecule has 0 radical (unpaired) electrons. The molecule has 0 aliphatic heterocycles. The maximum atomic E-state index is 4.50. The molecule has 98 valence electrons. The van der Waals surface area contributed by atoms with Crippen molar-refractivity contribution in [1.29, 1.82) is 0 Å². The Kier molecular flexibility index (Phi) is 4.15. The van der Waals surface area contributed by atoms with E-state index in [1.54, 1.807) is 0 Å². The van der Waals surface area contributed by atoms with Gasteiger partial charge in [0, 0.05) is 38.4 Å². The van der Waals surface area contributed by atoms with Gasteiger partial charge in [0.15, 0.2) is 0 Å². The third kappa shape index (κ3) is 2.46. The molecule has 2 rings (SSSR count). The van der Waals surface area contributed by atoms with Crippen molar-refractivity contribution in [2.75, 3.05) is 6.54 Å². The number of aryl methyl sites for hydroxylation is 2. The van der Waals surface area contributed by atoms with Gasteiger partial charge in [-0.25, -0.2) is 9.97 Å². The molecule has 1 unspecified atom stereocenters. The molecule has 0 fully saturated rings. The van der Waals surface area contributed by atoms with Crippen LogP contribution in [0.3, 0.4) is 0 Å². The van der Waals surface area contributed by atoms with Gasteiger partial charge < -0.3 is 14.5 Å². The van der Waals surface area contributed by atoms with Crippen molar-refractivity contribution in [1.82, 2.24) is 24.4 Å². The van der Waals surface area contributed by atoms with Crippen molar-refractivity contribution >= 4 is 0 Å². The van der Waals surface area contributed by atoms with Crippen LogP contribution in [0.2, 0.25) is 0 Å². The second-order valence-corrected chi connectivity index (χ2v) is 4.37. The molecule has 1 N–H and O–H groups in total. The number of hydrogen-bond donors (Lipinski definition) is 1. The second kappa shape index (κ2) is 5.82. The average Bonchev–Trinajstić information content (AvgIpc) is 2.96. The molecule has 0 spiro atoms. The molecule has 2 aromatic rings. The van der Waals surface area contributed by atoms with Crippen LogP contribution in [0.1, 0.15) is 38.0 Å². The van der Waals surface area contributed by atoms with Gasteiger partial charge in [-0.05, 0) is 13.0 Å². The fourth-order valence-electron chi connectivity index (χ4n) is 2.17. The van der Waals surface area contributed by atoms with E-state index in [0.29, 0.717) is 0 Å². The van der Waals surface area contributed by atoms with Gasteiger partial charge >= 0.3 is 0 Å². The van der Waals surface area contributed by atoms with E-state index >= 15 is 0 Å². The normalized spacial score (nSPS) is 12.8. The number of nitrogens with zero attached hydrogens (tertiary/aromatic N) is 4. The molecule has 0 bridgehead atoms. The van der Waals surface area contributed by atoms with E-state index in [4.69, 9.17) is 0 Å². The van der Waals surface area contributed by atoms with Crippen LogP contribution in [0, 0.1) is 0 Å². The van der Waals surface area contributed by atoms with Crippen LogP contribution in [0.25, 0.3) is 0 Å². The van der Waals surface area contributed by atoms with Crippen LogP contribution in [0.5, 0.6) is 0 Å². The zero-order valence-electron chi connectivity index (χ0n) is 11.3. The third-order valence-corrected chi connectivity index (χ3v) is 3.00. The van der Waals surface area contributed by atoms with Gasteiger partial charge in [0.05, 0.1) is 0 Å². The highest BCUT2D eigenvalue weighted by Crippen LogP contribution is 2.19. The Morgan fingerprint density at radius 2 is 1.89 bits per heavy atom. The van der Waals surface area contributed by atoms with Crippen LogP contribution in [0.4, 0.5) is 0 Å². The molecule has 5 heteroatoms. The third-order valence-electron chi connectivity index (χ3n) is 3.00. The monoisotopic (exact) mass is 247 g/mol. The van der Waals surface area contributed by atoms with E-state index in [0.717, 1.165) is 31.2 Å². The summed E-state index contributed by atoms with van der Waals surface area (Å²) < 4.78 is 4.24. The summed E-state index contributed by atoms with van der Waals surface area (Å²) >= 11 is 0. The molecule has 0 amide bonds. The Bertz CT molecular complexity index is 485. The molecular formula is C13H21N5. The van der Waals surface area contributed by atoms with Crippen molar-refractivity contribution in [3.63, 3.8) is 0 Å². The number of rotatable bonds is 6. The predicted octanol–water partition coefficient (Wildman–Crippen LogP) is 1.73. The molecule has 0 aliphatic carbocycles. The molecular weight excluding hydrogens is 226 g/mol. The standard InChI is InChI=1S/C13H21N5/c1-4-8-18-10-7-16-13(18)11(14-5-2)12-15-6-9-17(12)3/h6-7,9-11,14H,4-5,8H2,1-3H3. The summed E-state index contributed by atoms with van der Waals surface area (Å²) in [6, 6.07) is 0.0524. The number of hydrogen-bond acceptors (Lipinski definition) is 3. The smallest absolute Gasteiger partial charge is 0.133 e. The summed E-state index contributed by atoms with van der Waals surface area (Å²) in [5.41, 5.74) is 0. The van der Waals surface area contributed by atoms with Crippen LogP contribution >= 0.6 is 0 Å². The fourth-order valence-corrected chi connectivity index (χ4v) is 2.17. The molecule has 2 aromatic heterocycles. The van der Waals surface area contributed by atoms with Crippen molar-refractivity contribution in [3.8, 4) is 0 Å². The molecule has 2 heterocycles. The number of imidazole rings is 2. The quantitative estimate of drug-likeness (QED) is 0.845. The molecule has 18 heavy (non-hydrogen) atoms. The van der Waals surface area contributed by atoms with Crippen LogP contribution in [-0.2, 0) is 13.6 Å². The van der Waals surface area contributed by atoms with E-state index in [1.807, 2.05) is 36.4 Å². The Balaban J connectivity index is 2.35. The number of nitrogens with one attached hydrogen (secondary N) is 1. The molecule has 0 saturated carbocycles. The Morgan fingerprint density at radius 1 is 1.17 bits per heavy atom. The Hall–Kier alpha value is -1.62. The van der Waals surface area contributed by atoms with E-state index < -0.39 is 0 Å². The van der Waals surface area contributed by atoms with Crippen molar-refractivity contribution in [3.05, 3.63) is 36.4 Å². The van der Waals surface area contributed by atoms with Gasteiger partial charge in [-0.1, -0.05) is 13.8 Å². The molecule has 5 nitrogen and oxygen atoms in total. The van der Waals surface area contributed by atoms with Gasteiger partial charge in [-0.15, -0.1) is 0 Å². The first-order chi connectivity index (χ1) is 8.77. The molecule has 0 aromatic carbocycles. The van der Waals surface area contributed by atoms with E-state index in [2.05, 4.69) is 33.7 Å². The SMILES string of the molecule is CCCn1ccnc1C(NCC)c1nccn1C. The lowest BCUT2D eigenvalue weighted by atomic mass is 10.2. The van der Waals surface area contributed by atoms with E-state index in [1.165, 1.54) is 0 Å². The van der Waals surface area contributed by atoms with Gasteiger partial charge in [-0.2, -0.15) is 0 Å². The van der Waals surface area contributed by atoms with Gasteiger partial charge in [0.25, 0.3) is 0 Å². The first-order valence-electron chi connectivity index (χ1n) is 6.49. The minimum Gasteiger partial charge on any atom is -0.336 e. The first-order valence-corrected chi connectivity index (χ1v) is 6.49. The van der Waals surface area contributed by atoms with Crippen LogP contribution in [-0.4, -0.2) is 25.6 Å². The summed E-state index contributed by atoms with van der Waals surface area (Å²) in [5, 5.41) is 3.46. The fraction of sp³-hybridized carbons (Fsp3) is 0.538. The first kappa shape index (κ1) is 12.8. The highest BCUT2D eigenvalue weighted by Gasteiger charge is 2.21. The van der Waals surface area contributed by atoms with Gasteiger partial charge in [0.1, 0.15) is 17.7 Å². The molecule has 0 saturated heterocycles. The lowest BCUT2D eigenvalue weighted by Gasteiger charge is -2.18. The predicted molar refractivity (Wildman–Crippen MR) is 71.2 cm³/mol. The zero-order chi connectivity index (χ0) is 13.0. The Morgan fingerprint density at radius 3 is 2.50 bits per heavy atom. The van der Waals surface area contributed by atoms with E-state index in [9.17, 15) is 0 Å². The largest absolute Gasteiger partial charge is 0.336 e. The molecule has 0 aliphatic rings. The Labute approximate surface area is 108 Å². The topological polar surface area (TPSA) is 47.7 Å².